The topological polar surface area (TPSA) is 35.2 Å². The molecule has 0 spiro atoms. The Kier molecular flexibility index (Phi) is 4.06. The first-order valence-electron chi connectivity index (χ1n) is 6.66. The molecular formula is C15H23NO. The molecule has 1 fully saturated rings. The lowest BCUT2D eigenvalue weighted by molar-refractivity contribution is 0.409. The van der Waals surface area contributed by atoms with Gasteiger partial charge in [-0.15, -0.1) is 0 Å². The van der Waals surface area contributed by atoms with E-state index in [1.807, 2.05) is 0 Å². The number of benzene rings is 1. The Hall–Kier alpha value is -1.02. The van der Waals surface area contributed by atoms with Gasteiger partial charge in [-0.3, -0.25) is 0 Å². The van der Waals surface area contributed by atoms with E-state index in [2.05, 4.69) is 25.1 Å². The lowest BCUT2D eigenvalue weighted by Crippen LogP contribution is -2.25. The molecule has 2 N–H and O–H groups in total. The van der Waals surface area contributed by atoms with E-state index in [1.54, 1.807) is 7.11 Å². The zero-order valence-electron chi connectivity index (χ0n) is 10.9. The third kappa shape index (κ3) is 2.81. The van der Waals surface area contributed by atoms with Crippen molar-refractivity contribution in [2.75, 3.05) is 7.11 Å². The van der Waals surface area contributed by atoms with E-state index in [0.29, 0.717) is 12.0 Å². The standard InChI is InChI=1S/C15H23NO/c1-3-12-9-11(7-8-15(12)17-2)10-13-5-4-6-14(13)16/h7-9,13-14H,3-6,10,16H2,1-2H3. The smallest absolute Gasteiger partial charge is 0.122 e. The van der Waals surface area contributed by atoms with Gasteiger partial charge in [-0.05, 0) is 48.8 Å². The number of hydrogen-bond donors (Lipinski definition) is 1. The van der Waals surface area contributed by atoms with Crippen LogP contribution in [0.2, 0.25) is 0 Å². The van der Waals surface area contributed by atoms with Gasteiger partial charge >= 0.3 is 0 Å². The number of rotatable bonds is 4. The Balaban J connectivity index is 2.10. The van der Waals surface area contributed by atoms with Gasteiger partial charge in [0.1, 0.15) is 5.75 Å². The van der Waals surface area contributed by atoms with E-state index >= 15 is 0 Å². The second-order valence-electron chi connectivity index (χ2n) is 5.06. The number of aryl methyl sites for hydroxylation is 1. The van der Waals surface area contributed by atoms with E-state index < -0.39 is 0 Å². The van der Waals surface area contributed by atoms with Crippen LogP contribution in [0.1, 0.15) is 37.3 Å². The molecule has 1 saturated carbocycles. The summed E-state index contributed by atoms with van der Waals surface area (Å²) < 4.78 is 5.36. The number of nitrogens with two attached hydrogens (primary N) is 1. The Morgan fingerprint density at radius 1 is 1.35 bits per heavy atom. The molecule has 17 heavy (non-hydrogen) atoms. The van der Waals surface area contributed by atoms with Crippen molar-refractivity contribution in [1.29, 1.82) is 0 Å². The van der Waals surface area contributed by atoms with Crippen LogP contribution in [0.15, 0.2) is 18.2 Å². The third-order valence-corrected chi connectivity index (χ3v) is 3.94. The Morgan fingerprint density at radius 3 is 2.76 bits per heavy atom. The van der Waals surface area contributed by atoms with Crippen molar-refractivity contribution < 1.29 is 4.74 Å². The predicted octanol–water partition coefficient (Wildman–Crippen LogP) is 2.93. The fourth-order valence-electron chi connectivity index (χ4n) is 2.86. The van der Waals surface area contributed by atoms with Crippen LogP contribution in [-0.4, -0.2) is 13.2 Å². The molecule has 1 aromatic carbocycles. The van der Waals surface area contributed by atoms with Gasteiger partial charge in [0.2, 0.25) is 0 Å². The minimum Gasteiger partial charge on any atom is -0.496 e. The van der Waals surface area contributed by atoms with E-state index in [9.17, 15) is 0 Å². The fraction of sp³-hybridized carbons (Fsp3) is 0.600. The van der Waals surface area contributed by atoms with E-state index in [1.165, 1.54) is 30.4 Å². The average molecular weight is 233 g/mol. The Labute approximate surface area is 104 Å². The molecule has 0 aliphatic heterocycles. The fourth-order valence-corrected chi connectivity index (χ4v) is 2.86. The minimum atomic E-state index is 0.405. The van der Waals surface area contributed by atoms with Gasteiger partial charge in [-0.25, -0.2) is 0 Å². The lowest BCUT2D eigenvalue weighted by Gasteiger charge is -2.16. The van der Waals surface area contributed by atoms with Gasteiger partial charge in [0, 0.05) is 6.04 Å². The SMILES string of the molecule is CCc1cc(CC2CCCC2N)ccc1OC. The van der Waals surface area contributed by atoms with E-state index in [0.717, 1.165) is 18.6 Å². The first kappa shape index (κ1) is 12.4. The maximum absolute atomic E-state index is 6.13. The zero-order valence-corrected chi connectivity index (χ0v) is 10.9. The van der Waals surface area contributed by atoms with Crippen LogP contribution >= 0.6 is 0 Å². The van der Waals surface area contributed by atoms with Crippen molar-refractivity contribution in [3.05, 3.63) is 29.3 Å². The normalized spacial score (nSPS) is 23.9. The molecule has 0 bridgehead atoms. The summed E-state index contributed by atoms with van der Waals surface area (Å²) in [5.41, 5.74) is 8.84. The van der Waals surface area contributed by atoms with Gasteiger partial charge in [-0.2, -0.15) is 0 Å². The van der Waals surface area contributed by atoms with Gasteiger partial charge in [0.25, 0.3) is 0 Å². The molecule has 0 heterocycles. The summed E-state index contributed by atoms with van der Waals surface area (Å²) in [5, 5.41) is 0. The number of hydrogen-bond acceptors (Lipinski definition) is 2. The van der Waals surface area contributed by atoms with Crippen LogP contribution in [0.4, 0.5) is 0 Å². The van der Waals surface area contributed by atoms with Crippen molar-refractivity contribution in [1.82, 2.24) is 0 Å². The number of methoxy groups -OCH3 is 1. The highest BCUT2D eigenvalue weighted by Crippen LogP contribution is 2.29. The summed E-state index contributed by atoms with van der Waals surface area (Å²) >= 11 is 0. The average Bonchev–Trinajstić information content (AvgIpc) is 2.75. The maximum Gasteiger partial charge on any atom is 0.122 e. The van der Waals surface area contributed by atoms with Crippen LogP contribution in [0.5, 0.6) is 5.75 Å². The van der Waals surface area contributed by atoms with Crippen LogP contribution in [0.3, 0.4) is 0 Å². The van der Waals surface area contributed by atoms with Gasteiger partial charge in [-0.1, -0.05) is 25.5 Å². The molecular weight excluding hydrogens is 210 g/mol. The molecule has 94 valence electrons. The Morgan fingerprint density at radius 2 is 2.18 bits per heavy atom. The largest absolute Gasteiger partial charge is 0.496 e. The molecule has 2 atom stereocenters. The zero-order chi connectivity index (χ0) is 12.3. The highest BCUT2D eigenvalue weighted by molar-refractivity contribution is 5.37. The molecule has 1 aliphatic carbocycles. The molecule has 2 nitrogen and oxygen atoms in total. The summed E-state index contributed by atoms with van der Waals surface area (Å²) in [4.78, 5) is 0. The molecule has 2 heteroatoms. The van der Waals surface area contributed by atoms with E-state index in [4.69, 9.17) is 10.5 Å². The van der Waals surface area contributed by atoms with Crippen molar-refractivity contribution in [3.8, 4) is 5.75 Å². The summed E-state index contributed by atoms with van der Waals surface area (Å²) in [5.74, 6) is 1.68. The van der Waals surface area contributed by atoms with E-state index in [-0.39, 0.29) is 0 Å². The molecule has 0 saturated heterocycles. The van der Waals surface area contributed by atoms with Gasteiger partial charge in [0.15, 0.2) is 0 Å². The summed E-state index contributed by atoms with van der Waals surface area (Å²) in [6, 6.07) is 6.96. The molecule has 1 aliphatic rings. The molecule has 1 aromatic rings. The van der Waals surface area contributed by atoms with Crippen LogP contribution in [0.25, 0.3) is 0 Å². The van der Waals surface area contributed by atoms with Crippen molar-refractivity contribution >= 4 is 0 Å². The van der Waals surface area contributed by atoms with Crippen LogP contribution < -0.4 is 10.5 Å². The molecule has 0 radical (unpaired) electrons. The second-order valence-corrected chi connectivity index (χ2v) is 5.06. The van der Waals surface area contributed by atoms with Gasteiger partial charge in [0.05, 0.1) is 7.11 Å². The highest BCUT2D eigenvalue weighted by Gasteiger charge is 2.23. The van der Waals surface area contributed by atoms with Crippen LogP contribution in [-0.2, 0) is 12.8 Å². The first-order chi connectivity index (χ1) is 8.24. The maximum atomic E-state index is 6.13. The predicted molar refractivity (Wildman–Crippen MR) is 71.4 cm³/mol. The quantitative estimate of drug-likeness (QED) is 0.868. The summed E-state index contributed by atoms with van der Waals surface area (Å²) in [6.07, 6.45) is 5.92. The Bertz CT molecular complexity index is 375. The van der Waals surface area contributed by atoms with Crippen LogP contribution in [0, 0.1) is 5.92 Å². The van der Waals surface area contributed by atoms with Gasteiger partial charge < -0.3 is 10.5 Å². The highest BCUT2D eigenvalue weighted by atomic mass is 16.5. The molecule has 0 aromatic heterocycles. The van der Waals surface area contributed by atoms with Crippen molar-refractivity contribution in [2.24, 2.45) is 11.7 Å². The summed E-state index contributed by atoms with van der Waals surface area (Å²) in [7, 11) is 1.74. The molecule has 0 amide bonds. The molecule has 2 rings (SSSR count). The van der Waals surface area contributed by atoms with Crippen molar-refractivity contribution in [3.63, 3.8) is 0 Å². The second kappa shape index (κ2) is 5.54. The monoisotopic (exact) mass is 233 g/mol. The molecule has 2 unspecified atom stereocenters. The first-order valence-corrected chi connectivity index (χ1v) is 6.66. The third-order valence-electron chi connectivity index (χ3n) is 3.94. The summed E-state index contributed by atoms with van der Waals surface area (Å²) in [6.45, 7) is 2.17. The van der Waals surface area contributed by atoms with Crippen molar-refractivity contribution in [2.45, 2.75) is 45.1 Å². The lowest BCUT2D eigenvalue weighted by atomic mass is 9.93. The minimum absolute atomic E-state index is 0.405. The number of ether oxygens (including phenoxy) is 1.